The van der Waals surface area contributed by atoms with Crippen LogP contribution in [0.4, 0.5) is 4.39 Å². The molecule has 23 heavy (non-hydrogen) atoms. The predicted octanol–water partition coefficient (Wildman–Crippen LogP) is 1.96. The Bertz CT molecular complexity index is 646. The molecule has 2 heterocycles. The summed E-state index contributed by atoms with van der Waals surface area (Å²) in [5.41, 5.74) is 1.16. The first-order valence-corrected chi connectivity index (χ1v) is 7.90. The van der Waals surface area contributed by atoms with Crippen molar-refractivity contribution < 1.29 is 14.2 Å². The highest BCUT2D eigenvalue weighted by atomic mass is 19.1. The molecule has 6 heteroatoms. The van der Waals surface area contributed by atoms with Crippen LogP contribution in [0.15, 0.2) is 36.7 Å². The van der Waals surface area contributed by atoms with Crippen molar-refractivity contribution in [3.63, 3.8) is 0 Å². The van der Waals surface area contributed by atoms with Gasteiger partial charge in [-0.3, -0.25) is 9.58 Å². The van der Waals surface area contributed by atoms with E-state index in [0.29, 0.717) is 18.6 Å². The Kier molecular flexibility index (Phi) is 4.93. The number of rotatable bonds is 4. The largest absolute Gasteiger partial charge is 0.488 e. The Balaban J connectivity index is 1.59. The van der Waals surface area contributed by atoms with Crippen molar-refractivity contribution in [1.29, 1.82) is 0 Å². The first kappa shape index (κ1) is 16.0. The van der Waals surface area contributed by atoms with E-state index in [1.807, 2.05) is 19.4 Å². The smallest absolute Gasteiger partial charge is 0.126 e. The lowest BCUT2D eigenvalue weighted by Crippen LogP contribution is -2.31. The second-order valence-corrected chi connectivity index (χ2v) is 6.06. The van der Waals surface area contributed by atoms with Gasteiger partial charge in [-0.05, 0) is 25.0 Å². The molecule has 0 aliphatic carbocycles. The van der Waals surface area contributed by atoms with Crippen molar-refractivity contribution in [2.45, 2.75) is 31.6 Å². The third-order valence-electron chi connectivity index (χ3n) is 4.15. The number of aliphatic hydroxyl groups is 1. The van der Waals surface area contributed by atoms with Crippen molar-refractivity contribution >= 4 is 0 Å². The highest BCUT2D eigenvalue weighted by Crippen LogP contribution is 2.21. The Hall–Kier alpha value is -1.92. The third-order valence-corrected chi connectivity index (χ3v) is 4.15. The molecule has 1 aliphatic rings. The number of benzene rings is 1. The summed E-state index contributed by atoms with van der Waals surface area (Å²) in [4.78, 5) is 2.29. The SMILES string of the molecule is Cn1cc(CN2CC[C@H](Oc3cccc(F)c3)[C@@H](O)CC2)cn1. The summed E-state index contributed by atoms with van der Waals surface area (Å²) in [5, 5.41) is 14.5. The molecule has 124 valence electrons. The zero-order valence-electron chi connectivity index (χ0n) is 13.2. The van der Waals surface area contributed by atoms with E-state index in [9.17, 15) is 9.50 Å². The number of likely N-dealkylation sites (tertiary alicyclic amines) is 1. The molecule has 0 spiro atoms. The van der Waals surface area contributed by atoms with Crippen LogP contribution in [0.2, 0.25) is 0 Å². The molecule has 3 rings (SSSR count). The number of hydrogen-bond donors (Lipinski definition) is 1. The number of aryl methyl sites for hydroxylation is 1. The minimum absolute atomic E-state index is 0.310. The average molecular weight is 319 g/mol. The van der Waals surface area contributed by atoms with E-state index in [4.69, 9.17) is 4.74 Å². The monoisotopic (exact) mass is 319 g/mol. The van der Waals surface area contributed by atoms with Crippen LogP contribution in [-0.2, 0) is 13.6 Å². The molecule has 1 aromatic heterocycles. The van der Waals surface area contributed by atoms with E-state index in [2.05, 4.69) is 10.00 Å². The number of ether oxygens (including phenoxy) is 1. The fourth-order valence-corrected chi connectivity index (χ4v) is 2.94. The van der Waals surface area contributed by atoms with Gasteiger partial charge in [0.1, 0.15) is 17.7 Å². The lowest BCUT2D eigenvalue weighted by Gasteiger charge is -2.21. The zero-order chi connectivity index (χ0) is 16.2. The molecule has 1 aromatic carbocycles. The first-order chi connectivity index (χ1) is 11.1. The van der Waals surface area contributed by atoms with E-state index in [1.54, 1.807) is 16.8 Å². The number of aromatic nitrogens is 2. The van der Waals surface area contributed by atoms with Crippen LogP contribution in [0.5, 0.6) is 5.75 Å². The minimum atomic E-state index is -0.544. The van der Waals surface area contributed by atoms with Crippen molar-refractivity contribution in [2.24, 2.45) is 7.05 Å². The molecule has 0 radical (unpaired) electrons. The maximum absolute atomic E-state index is 13.2. The molecule has 5 nitrogen and oxygen atoms in total. The summed E-state index contributed by atoms with van der Waals surface area (Å²) in [6.45, 7) is 2.44. The summed E-state index contributed by atoms with van der Waals surface area (Å²) in [6, 6.07) is 6.06. The van der Waals surface area contributed by atoms with Crippen molar-refractivity contribution in [3.05, 3.63) is 48.0 Å². The Labute approximate surface area is 135 Å². The molecule has 1 saturated heterocycles. The van der Waals surface area contributed by atoms with Crippen LogP contribution in [0.1, 0.15) is 18.4 Å². The number of aliphatic hydroxyl groups excluding tert-OH is 1. The van der Waals surface area contributed by atoms with Gasteiger partial charge in [-0.2, -0.15) is 5.10 Å². The van der Waals surface area contributed by atoms with Gasteiger partial charge in [-0.15, -0.1) is 0 Å². The predicted molar refractivity (Wildman–Crippen MR) is 84.5 cm³/mol. The van der Waals surface area contributed by atoms with Gasteiger partial charge in [0.15, 0.2) is 0 Å². The second-order valence-electron chi connectivity index (χ2n) is 6.06. The zero-order valence-corrected chi connectivity index (χ0v) is 13.2. The fraction of sp³-hybridized carbons (Fsp3) is 0.471. The molecule has 1 N–H and O–H groups in total. The fourth-order valence-electron chi connectivity index (χ4n) is 2.94. The van der Waals surface area contributed by atoms with Gasteiger partial charge in [0.05, 0.1) is 12.3 Å². The van der Waals surface area contributed by atoms with Gasteiger partial charge >= 0.3 is 0 Å². The first-order valence-electron chi connectivity index (χ1n) is 7.90. The summed E-state index contributed by atoms with van der Waals surface area (Å²) in [5.74, 6) is 0.138. The van der Waals surface area contributed by atoms with Gasteiger partial charge in [-0.25, -0.2) is 4.39 Å². The van der Waals surface area contributed by atoms with Crippen LogP contribution in [0.3, 0.4) is 0 Å². The number of halogens is 1. The molecular weight excluding hydrogens is 297 g/mol. The van der Waals surface area contributed by atoms with Crippen LogP contribution in [-0.4, -0.2) is 45.1 Å². The summed E-state index contributed by atoms with van der Waals surface area (Å²) >= 11 is 0. The minimum Gasteiger partial charge on any atom is -0.488 e. The van der Waals surface area contributed by atoms with Crippen LogP contribution < -0.4 is 4.74 Å². The summed E-state index contributed by atoms with van der Waals surface area (Å²) < 4.78 is 20.8. The normalized spacial score (nSPS) is 22.7. The molecule has 0 amide bonds. The molecule has 0 unspecified atom stereocenters. The van der Waals surface area contributed by atoms with E-state index < -0.39 is 6.10 Å². The van der Waals surface area contributed by atoms with E-state index in [-0.39, 0.29) is 11.9 Å². The van der Waals surface area contributed by atoms with Crippen molar-refractivity contribution in [1.82, 2.24) is 14.7 Å². The third kappa shape index (κ3) is 4.30. The molecule has 2 aromatic rings. The van der Waals surface area contributed by atoms with E-state index in [1.165, 1.54) is 12.1 Å². The lowest BCUT2D eigenvalue weighted by atomic mass is 10.1. The molecule has 2 atom stereocenters. The molecular formula is C17H22FN3O2. The maximum atomic E-state index is 13.2. The second kappa shape index (κ2) is 7.10. The maximum Gasteiger partial charge on any atom is 0.126 e. The molecule has 0 bridgehead atoms. The highest BCUT2D eigenvalue weighted by Gasteiger charge is 2.26. The van der Waals surface area contributed by atoms with E-state index >= 15 is 0 Å². The van der Waals surface area contributed by atoms with Gasteiger partial charge in [0.2, 0.25) is 0 Å². The molecule has 1 fully saturated rings. The topological polar surface area (TPSA) is 50.5 Å². The lowest BCUT2D eigenvalue weighted by molar-refractivity contribution is 0.0348. The average Bonchev–Trinajstić information content (AvgIpc) is 2.85. The Morgan fingerprint density at radius 3 is 2.91 bits per heavy atom. The number of hydrogen-bond acceptors (Lipinski definition) is 4. The van der Waals surface area contributed by atoms with Gasteiger partial charge in [0.25, 0.3) is 0 Å². The highest BCUT2D eigenvalue weighted by molar-refractivity contribution is 5.22. The van der Waals surface area contributed by atoms with E-state index in [0.717, 1.165) is 25.2 Å². The quantitative estimate of drug-likeness (QED) is 0.936. The molecule has 0 saturated carbocycles. The van der Waals surface area contributed by atoms with Gasteiger partial charge in [0, 0.05) is 44.5 Å². The summed E-state index contributed by atoms with van der Waals surface area (Å²) in [6.07, 6.45) is 4.36. The van der Waals surface area contributed by atoms with Gasteiger partial charge in [-0.1, -0.05) is 6.07 Å². The number of nitrogens with zero attached hydrogens (tertiary/aromatic N) is 3. The Morgan fingerprint density at radius 2 is 2.17 bits per heavy atom. The van der Waals surface area contributed by atoms with Crippen LogP contribution in [0.25, 0.3) is 0 Å². The molecule has 1 aliphatic heterocycles. The van der Waals surface area contributed by atoms with Crippen LogP contribution in [0, 0.1) is 5.82 Å². The standard InChI is InChI=1S/C17H22FN3O2/c1-20-11-13(10-19-20)12-21-7-5-16(22)17(6-8-21)23-15-4-2-3-14(18)9-15/h2-4,9-11,16-17,22H,5-8,12H2,1H3/t16-,17-/m0/s1. The Morgan fingerprint density at radius 1 is 1.35 bits per heavy atom. The van der Waals surface area contributed by atoms with Crippen LogP contribution >= 0.6 is 0 Å². The van der Waals surface area contributed by atoms with Crippen molar-refractivity contribution in [2.75, 3.05) is 13.1 Å². The van der Waals surface area contributed by atoms with Gasteiger partial charge < -0.3 is 9.84 Å². The summed E-state index contributed by atoms with van der Waals surface area (Å²) in [7, 11) is 1.90. The van der Waals surface area contributed by atoms with Crippen molar-refractivity contribution in [3.8, 4) is 5.75 Å².